The highest BCUT2D eigenvalue weighted by atomic mass is 16.4. The van der Waals surface area contributed by atoms with Crippen molar-refractivity contribution in [3.63, 3.8) is 0 Å². The summed E-state index contributed by atoms with van der Waals surface area (Å²) in [6.07, 6.45) is 12.3. The third-order valence-corrected chi connectivity index (χ3v) is 6.58. The SMILES string of the molecule is O=c1c2ccccc2nc(C2CCCCC2)n1N=Cc1ccc(N2CCCCCC2)o1. The number of para-hydroxylation sites is 1. The average Bonchev–Trinajstić information content (AvgIpc) is 3.12. The number of furan rings is 1. The van der Waals surface area contributed by atoms with E-state index in [0.29, 0.717) is 11.1 Å². The van der Waals surface area contributed by atoms with E-state index in [-0.39, 0.29) is 11.5 Å². The van der Waals surface area contributed by atoms with Crippen LogP contribution in [0.3, 0.4) is 0 Å². The molecule has 0 N–H and O–H groups in total. The minimum absolute atomic E-state index is 0.110. The standard InChI is InChI=1S/C25H30N4O2/c30-25-21-12-6-7-13-22(21)27-24(19-10-4-3-5-11-19)29(25)26-18-20-14-15-23(31-20)28-16-8-1-2-9-17-28/h6-7,12-15,18-19H,1-5,8-11,16-17H2. The first-order valence-corrected chi connectivity index (χ1v) is 11.7. The van der Waals surface area contributed by atoms with Gasteiger partial charge in [-0.2, -0.15) is 9.78 Å². The molecule has 0 unspecified atom stereocenters. The maximum absolute atomic E-state index is 13.3. The smallest absolute Gasteiger partial charge is 0.282 e. The summed E-state index contributed by atoms with van der Waals surface area (Å²) in [5.41, 5.74) is 0.641. The normalized spacial score (nSPS) is 18.6. The van der Waals surface area contributed by atoms with Gasteiger partial charge in [0.25, 0.3) is 5.56 Å². The molecule has 3 aromatic rings. The van der Waals surface area contributed by atoms with Crippen LogP contribution in [0.15, 0.2) is 50.7 Å². The predicted octanol–water partition coefficient (Wildman–Crippen LogP) is 5.30. The highest BCUT2D eigenvalue weighted by molar-refractivity contribution is 5.79. The first-order chi connectivity index (χ1) is 15.3. The van der Waals surface area contributed by atoms with Crippen molar-refractivity contribution in [3.8, 4) is 0 Å². The van der Waals surface area contributed by atoms with Crippen LogP contribution in [0.2, 0.25) is 0 Å². The van der Waals surface area contributed by atoms with E-state index in [1.165, 1.54) is 49.6 Å². The van der Waals surface area contributed by atoms with E-state index < -0.39 is 0 Å². The fourth-order valence-electron chi connectivity index (χ4n) is 4.86. The Kier molecular flexibility index (Phi) is 5.87. The van der Waals surface area contributed by atoms with Crippen LogP contribution in [0.25, 0.3) is 10.9 Å². The highest BCUT2D eigenvalue weighted by Gasteiger charge is 2.22. The zero-order valence-electron chi connectivity index (χ0n) is 18.0. The van der Waals surface area contributed by atoms with E-state index >= 15 is 0 Å². The molecule has 0 atom stereocenters. The number of benzene rings is 1. The van der Waals surface area contributed by atoms with Crippen molar-refractivity contribution in [2.45, 2.75) is 63.7 Å². The number of hydrogen-bond acceptors (Lipinski definition) is 5. The van der Waals surface area contributed by atoms with Gasteiger partial charge >= 0.3 is 0 Å². The molecule has 3 heterocycles. The summed E-state index contributed by atoms with van der Waals surface area (Å²) in [4.78, 5) is 20.5. The molecule has 6 nitrogen and oxygen atoms in total. The van der Waals surface area contributed by atoms with E-state index in [9.17, 15) is 4.79 Å². The van der Waals surface area contributed by atoms with Crippen molar-refractivity contribution in [3.05, 3.63) is 58.3 Å². The van der Waals surface area contributed by atoms with Gasteiger partial charge in [-0.3, -0.25) is 4.79 Å². The summed E-state index contributed by atoms with van der Waals surface area (Å²) in [5, 5.41) is 5.18. The van der Waals surface area contributed by atoms with Gasteiger partial charge in [0.2, 0.25) is 0 Å². The number of aromatic nitrogens is 2. The Hall–Kier alpha value is -2.89. The van der Waals surface area contributed by atoms with Crippen LogP contribution < -0.4 is 10.5 Å². The number of hydrogen-bond donors (Lipinski definition) is 0. The Balaban J connectivity index is 1.48. The number of nitrogens with zero attached hydrogens (tertiary/aromatic N) is 4. The molecular formula is C25H30N4O2. The predicted molar refractivity (Wildman–Crippen MR) is 124 cm³/mol. The minimum atomic E-state index is -0.110. The second-order valence-corrected chi connectivity index (χ2v) is 8.76. The van der Waals surface area contributed by atoms with Crippen LogP contribution in [0.4, 0.5) is 5.88 Å². The van der Waals surface area contributed by atoms with Gasteiger partial charge in [0.15, 0.2) is 5.88 Å². The van der Waals surface area contributed by atoms with Crippen LogP contribution in [0, 0.1) is 0 Å². The zero-order chi connectivity index (χ0) is 21.0. The second-order valence-electron chi connectivity index (χ2n) is 8.76. The van der Waals surface area contributed by atoms with Crippen LogP contribution in [0.5, 0.6) is 0 Å². The number of fused-ring (bicyclic) bond motifs is 1. The van der Waals surface area contributed by atoms with Crippen LogP contribution in [-0.2, 0) is 0 Å². The molecule has 1 saturated heterocycles. The first-order valence-electron chi connectivity index (χ1n) is 11.7. The quantitative estimate of drug-likeness (QED) is 0.539. The Morgan fingerprint density at radius 2 is 1.68 bits per heavy atom. The Morgan fingerprint density at radius 3 is 2.48 bits per heavy atom. The molecule has 1 aliphatic carbocycles. The van der Waals surface area contributed by atoms with Crippen molar-refractivity contribution in [2.75, 3.05) is 18.0 Å². The van der Waals surface area contributed by atoms with E-state index in [4.69, 9.17) is 9.40 Å². The molecule has 31 heavy (non-hydrogen) atoms. The van der Waals surface area contributed by atoms with Gasteiger partial charge in [-0.1, -0.05) is 44.2 Å². The molecule has 0 bridgehead atoms. The van der Waals surface area contributed by atoms with Crippen molar-refractivity contribution < 1.29 is 4.42 Å². The topological polar surface area (TPSA) is 63.6 Å². The van der Waals surface area contributed by atoms with Gasteiger partial charge in [-0.15, -0.1) is 0 Å². The molecule has 1 aromatic carbocycles. The molecule has 1 aliphatic heterocycles. The van der Waals surface area contributed by atoms with E-state index in [2.05, 4.69) is 10.0 Å². The monoisotopic (exact) mass is 418 g/mol. The molecule has 6 heteroatoms. The van der Waals surface area contributed by atoms with Crippen LogP contribution >= 0.6 is 0 Å². The molecule has 5 rings (SSSR count). The van der Waals surface area contributed by atoms with Gasteiger partial charge in [0.05, 0.1) is 17.1 Å². The van der Waals surface area contributed by atoms with Crippen LogP contribution in [0.1, 0.15) is 75.3 Å². The van der Waals surface area contributed by atoms with Crippen LogP contribution in [-0.4, -0.2) is 29.0 Å². The molecule has 2 fully saturated rings. The fourth-order valence-corrected chi connectivity index (χ4v) is 4.86. The average molecular weight is 419 g/mol. The lowest BCUT2D eigenvalue weighted by molar-refractivity contribution is 0.416. The maximum Gasteiger partial charge on any atom is 0.282 e. The van der Waals surface area contributed by atoms with Gasteiger partial charge < -0.3 is 9.32 Å². The lowest BCUT2D eigenvalue weighted by Crippen LogP contribution is -2.25. The molecule has 2 aromatic heterocycles. The highest BCUT2D eigenvalue weighted by Crippen LogP contribution is 2.31. The fraction of sp³-hybridized carbons (Fsp3) is 0.480. The third-order valence-electron chi connectivity index (χ3n) is 6.58. The maximum atomic E-state index is 13.3. The number of rotatable bonds is 4. The largest absolute Gasteiger partial charge is 0.440 e. The van der Waals surface area contributed by atoms with Crippen molar-refractivity contribution in [2.24, 2.45) is 5.10 Å². The third kappa shape index (κ3) is 4.29. The van der Waals surface area contributed by atoms with E-state index in [1.54, 1.807) is 6.21 Å². The van der Waals surface area contributed by atoms with E-state index in [0.717, 1.165) is 43.2 Å². The lowest BCUT2D eigenvalue weighted by Gasteiger charge is -2.22. The lowest BCUT2D eigenvalue weighted by atomic mass is 9.88. The van der Waals surface area contributed by atoms with Gasteiger partial charge in [-0.05, 0) is 43.9 Å². The zero-order valence-corrected chi connectivity index (χ0v) is 18.0. The Labute approximate surface area is 182 Å². The van der Waals surface area contributed by atoms with Crippen molar-refractivity contribution >= 4 is 23.0 Å². The molecule has 2 aliphatic rings. The first kappa shape index (κ1) is 20.0. The summed E-state index contributed by atoms with van der Waals surface area (Å²) < 4.78 is 7.56. The summed E-state index contributed by atoms with van der Waals surface area (Å²) >= 11 is 0. The summed E-state index contributed by atoms with van der Waals surface area (Å²) in [6.45, 7) is 2.06. The number of anilines is 1. The van der Waals surface area contributed by atoms with Crippen molar-refractivity contribution in [1.29, 1.82) is 0 Å². The summed E-state index contributed by atoms with van der Waals surface area (Å²) in [7, 11) is 0. The van der Waals surface area contributed by atoms with Gasteiger partial charge in [-0.25, -0.2) is 4.98 Å². The molecule has 1 saturated carbocycles. The van der Waals surface area contributed by atoms with Gasteiger partial charge in [0, 0.05) is 25.1 Å². The van der Waals surface area contributed by atoms with Gasteiger partial charge in [0.1, 0.15) is 11.6 Å². The molecular weight excluding hydrogens is 388 g/mol. The Morgan fingerprint density at radius 1 is 0.935 bits per heavy atom. The molecule has 162 valence electrons. The molecule has 0 amide bonds. The summed E-state index contributed by atoms with van der Waals surface area (Å²) in [6, 6.07) is 11.5. The van der Waals surface area contributed by atoms with E-state index in [1.807, 2.05) is 36.4 Å². The Bertz CT molecular complexity index is 1120. The molecule has 0 radical (unpaired) electrons. The second kappa shape index (κ2) is 9.08. The minimum Gasteiger partial charge on any atom is -0.440 e. The summed E-state index contributed by atoms with van der Waals surface area (Å²) in [5.74, 6) is 2.60. The van der Waals surface area contributed by atoms with Crippen molar-refractivity contribution in [1.82, 2.24) is 9.66 Å². The molecule has 0 spiro atoms.